The maximum absolute atomic E-state index is 12.5. The van der Waals surface area contributed by atoms with Crippen molar-refractivity contribution in [3.8, 4) is 0 Å². The second kappa shape index (κ2) is 3.87. The van der Waals surface area contributed by atoms with E-state index in [1.165, 1.54) is 10.4 Å². The van der Waals surface area contributed by atoms with E-state index in [0.29, 0.717) is 5.92 Å². The lowest BCUT2D eigenvalue weighted by atomic mass is 9.50. The number of nitrogens with zero attached hydrogens (tertiary/aromatic N) is 1. The number of allylic oxidation sites excluding steroid dienone is 1. The second-order valence-electron chi connectivity index (χ2n) is 7.34. The summed E-state index contributed by atoms with van der Waals surface area (Å²) in [5, 5.41) is 0. The number of hydrogen-bond donors (Lipinski definition) is 0. The van der Waals surface area contributed by atoms with Gasteiger partial charge in [0.05, 0.1) is 11.8 Å². The lowest BCUT2D eigenvalue weighted by Crippen LogP contribution is -2.53. The SMILES string of the molecule is CC(C)=CC(=O)N1[C@H]2C[C@H](C)C3(C)CC[C@]23CS1(=O)=O. The molecule has 5 heteroatoms. The van der Waals surface area contributed by atoms with Gasteiger partial charge in [-0.2, -0.15) is 0 Å². The van der Waals surface area contributed by atoms with Crippen molar-refractivity contribution >= 4 is 15.9 Å². The van der Waals surface area contributed by atoms with Crippen molar-refractivity contribution < 1.29 is 13.2 Å². The van der Waals surface area contributed by atoms with E-state index in [-0.39, 0.29) is 28.5 Å². The molecule has 20 heavy (non-hydrogen) atoms. The van der Waals surface area contributed by atoms with Gasteiger partial charge in [0.25, 0.3) is 5.91 Å². The summed E-state index contributed by atoms with van der Waals surface area (Å²) in [4.78, 5) is 12.4. The fourth-order valence-electron chi connectivity index (χ4n) is 4.79. The van der Waals surface area contributed by atoms with E-state index in [0.717, 1.165) is 24.8 Å². The highest BCUT2D eigenvalue weighted by Crippen LogP contribution is 2.72. The predicted molar refractivity (Wildman–Crippen MR) is 77.4 cm³/mol. The van der Waals surface area contributed by atoms with E-state index in [1.807, 2.05) is 13.8 Å². The molecule has 0 bridgehead atoms. The maximum Gasteiger partial charge on any atom is 0.260 e. The molecule has 3 fully saturated rings. The molecule has 1 amide bonds. The normalized spacial score (nSPS) is 44.5. The summed E-state index contributed by atoms with van der Waals surface area (Å²) in [7, 11) is -3.45. The highest BCUT2D eigenvalue weighted by atomic mass is 32.2. The Morgan fingerprint density at radius 2 is 1.95 bits per heavy atom. The minimum Gasteiger partial charge on any atom is -0.269 e. The zero-order chi connectivity index (χ0) is 14.9. The van der Waals surface area contributed by atoms with E-state index in [1.54, 1.807) is 0 Å². The standard InChI is InChI=1S/C15H23NO3S/c1-10(2)7-13(17)16-12-8-11(3)14(4)5-6-15(12,14)9-20(16,18)19/h7,11-12H,5-6,8-9H2,1-4H3/t11-,12-,14?,15-/m0/s1. The Labute approximate surface area is 121 Å². The first-order chi connectivity index (χ1) is 9.14. The summed E-state index contributed by atoms with van der Waals surface area (Å²) >= 11 is 0. The van der Waals surface area contributed by atoms with Crippen molar-refractivity contribution in [1.29, 1.82) is 0 Å². The monoisotopic (exact) mass is 297 g/mol. The third kappa shape index (κ3) is 1.47. The average molecular weight is 297 g/mol. The van der Waals surface area contributed by atoms with Gasteiger partial charge in [-0.05, 0) is 44.4 Å². The Bertz CT molecular complexity index is 605. The van der Waals surface area contributed by atoms with Gasteiger partial charge in [-0.25, -0.2) is 12.7 Å². The molecule has 2 aliphatic carbocycles. The molecule has 0 radical (unpaired) electrons. The first-order valence-electron chi connectivity index (χ1n) is 7.35. The number of sulfonamides is 1. The molecular weight excluding hydrogens is 274 g/mol. The molecule has 1 unspecified atom stereocenters. The molecule has 1 heterocycles. The van der Waals surface area contributed by atoms with E-state index in [2.05, 4.69) is 13.8 Å². The molecule has 0 aromatic heterocycles. The molecule has 1 aliphatic heterocycles. The molecule has 0 aromatic rings. The molecule has 3 rings (SSSR count). The Morgan fingerprint density at radius 1 is 1.30 bits per heavy atom. The van der Waals surface area contributed by atoms with E-state index in [9.17, 15) is 13.2 Å². The van der Waals surface area contributed by atoms with Crippen LogP contribution in [0.15, 0.2) is 11.6 Å². The van der Waals surface area contributed by atoms with Crippen molar-refractivity contribution in [1.82, 2.24) is 4.31 Å². The molecular formula is C15H23NO3S. The number of rotatable bonds is 1. The zero-order valence-electron chi connectivity index (χ0n) is 12.6. The summed E-state index contributed by atoms with van der Waals surface area (Å²) < 4.78 is 26.2. The molecule has 1 spiro atoms. The third-order valence-corrected chi connectivity index (χ3v) is 8.10. The summed E-state index contributed by atoms with van der Waals surface area (Å²) in [6.07, 6.45) is 4.30. The highest BCUT2D eigenvalue weighted by molar-refractivity contribution is 7.90. The summed E-state index contributed by atoms with van der Waals surface area (Å²) in [5.74, 6) is 0.294. The van der Waals surface area contributed by atoms with Gasteiger partial charge in [-0.3, -0.25) is 4.79 Å². The van der Waals surface area contributed by atoms with Crippen molar-refractivity contribution in [2.45, 2.75) is 53.0 Å². The van der Waals surface area contributed by atoms with Crippen molar-refractivity contribution in [2.24, 2.45) is 16.7 Å². The van der Waals surface area contributed by atoms with Crippen molar-refractivity contribution in [3.05, 3.63) is 11.6 Å². The fraction of sp³-hybridized carbons (Fsp3) is 0.800. The van der Waals surface area contributed by atoms with Gasteiger partial charge in [0.15, 0.2) is 0 Å². The molecule has 112 valence electrons. The number of carbonyl (C=O) groups is 1. The Balaban J connectivity index is 2.05. The van der Waals surface area contributed by atoms with Gasteiger partial charge < -0.3 is 0 Å². The van der Waals surface area contributed by atoms with Gasteiger partial charge in [-0.15, -0.1) is 0 Å². The maximum atomic E-state index is 12.5. The number of hydrogen-bond acceptors (Lipinski definition) is 3. The Morgan fingerprint density at radius 3 is 2.45 bits per heavy atom. The van der Waals surface area contributed by atoms with Crippen LogP contribution in [-0.2, 0) is 14.8 Å². The molecule has 3 aliphatic rings. The molecule has 4 nitrogen and oxygen atoms in total. The third-order valence-electron chi connectivity index (χ3n) is 6.18. The van der Waals surface area contributed by atoms with Gasteiger partial charge in [0, 0.05) is 11.5 Å². The van der Waals surface area contributed by atoms with Crippen LogP contribution >= 0.6 is 0 Å². The van der Waals surface area contributed by atoms with E-state index in [4.69, 9.17) is 0 Å². The molecule has 2 saturated carbocycles. The molecule has 0 N–H and O–H groups in total. The van der Waals surface area contributed by atoms with Crippen LogP contribution < -0.4 is 0 Å². The first-order valence-corrected chi connectivity index (χ1v) is 8.96. The summed E-state index contributed by atoms with van der Waals surface area (Å²) in [5.41, 5.74) is 0.745. The van der Waals surface area contributed by atoms with Crippen LogP contribution in [0, 0.1) is 16.7 Å². The van der Waals surface area contributed by atoms with Crippen molar-refractivity contribution in [3.63, 3.8) is 0 Å². The Hall–Kier alpha value is -0.840. The van der Waals surface area contributed by atoms with Gasteiger partial charge >= 0.3 is 0 Å². The van der Waals surface area contributed by atoms with Crippen LogP contribution in [0.1, 0.15) is 47.0 Å². The van der Waals surface area contributed by atoms with Crippen LogP contribution in [0.25, 0.3) is 0 Å². The minimum atomic E-state index is -3.45. The van der Waals surface area contributed by atoms with Gasteiger partial charge in [-0.1, -0.05) is 19.4 Å². The molecule has 0 aromatic carbocycles. The zero-order valence-corrected chi connectivity index (χ0v) is 13.5. The summed E-state index contributed by atoms with van der Waals surface area (Å²) in [6.45, 7) is 8.06. The van der Waals surface area contributed by atoms with Gasteiger partial charge in [0.1, 0.15) is 0 Å². The second-order valence-corrected chi connectivity index (χ2v) is 9.18. The largest absolute Gasteiger partial charge is 0.269 e. The number of amides is 1. The average Bonchev–Trinajstić information content (AvgIpc) is 2.61. The van der Waals surface area contributed by atoms with Crippen LogP contribution in [0.5, 0.6) is 0 Å². The highest BCUT2D eigenvalue weighted by Gasteiger charge is 2.74. The van der Waals surface area contributed by atoms with Crippen LogP contribution in [0.4, 0.5) is 0 Å². The van der Waals surface area contributed by atoms with Crippen molar-refractivity contribution in [2.75, 3.05) is 5.75 Å². The van der Waals surface area contributed by atoms with Crippen LogP contribution in [0.2, 0.25) is 0 Å². The molecule has 4 atom stereocenters. The number of carbonyl (C=O) groups excluding carboxylic acids is 1. The quantitative estimate of drug-likeness (QED) is 0.698. The van der Waals surface area contributed by atoms with E-state index < -0.39 is 10.0 Å². The minimum absolute atomic E-state index is 0.0880. The Kier molecular flexibility index (Phi) is 2.73. The summed E-state index contributed by atoms with van der Waals surface area (Å²) in [6, 6.07) is -0.121. The van der Waals surface area contributed by atoms with E-state index >= 15 is 0 Å². The fourth-order valence-corrected chi connectivity index (χ4v) is 7.25. The topological polar surface area (TPSA) is 54.5 Å². The predicted octanol–water partition coefficient (Wildman–Crippen LogP) is 2.32. The first kappa shape index (κ1) is 14.1. The van der Waals surface area contributed by atoms with Gasteiger partial charge in [0.2, 0.25) is 10.0 Å². The lowest BCUT2D eigenvalue weighted by molar-refractivity contribution is -0.126. The van der Waals surface area contributed by atoms with Crippen LogP contribution in [0.3, 0.4) is 0 Å². The van der Waals surface area contributed by atoms with Crippen LogP contribution in [-0.4, -0.2) is 30.4 Å². The molecule has 1 saturated heterocycles. The lowest BCUT2D eigenvalue weighted by Gasteiger charge is -2.55. The smallest absolute Gasteiger partial charge is 0.260 e.